The molecule has 148 valence electrons. The molecule has 1 aromatic heterocycles. The van der Waals surface area contributed by atoms with E-state index in [2.05, 4.69) is 20.6 Å². The van der Waals surface area contributed by atoms with Gasteiger partial charge in [-0.05, 0) is 48.0 Å². The predicted octanol–water partition coefficient (Wildman–Crippen LogP) is 4.84. The van der Waals surface area contributed by atoms with Crippen molar-refractivity contribution in [2.75, 3.05) is 10.6 Å². The molecule has 30 heavy (non-hydrogen) atoms. The molecule has 4 rings (SSSR count). The number of carbonyl (C=O) groups excluding carboxylic acids is 2. The number of hydrogen-bond acceptors (Lipinski definition) is 3. The van der Waals surface area contributed by atoms with E-state index in [1.54, 1.807) is 18.2 Å². The number of nitrogens with zero attached hydrogens (tertiary/aromatic N) is 1. The van der Waals surface area contributed by atoms with E-state index in [1.165, 1.54) is 13.0 Å². The van der Waals surface area contributed by atoms with Crippen LogP contribution in [0.2, 0.25) is 0 Å². The zero-order valence-corrected chi connectivity index (χ0v) is 16.3. The van der Waals surface area contributed by atoms with E-state index in [-0.39, 0.29) is 11.8 Å². The fourth-order valence-electron chi connectivity index (χ4n) is 3.07. The summed E-state index contributed by atoms with van der Waals surface area (Å²) in [5, 5.41) is 5.58. The lowest BCUT2D eigenvalue weighted by Gasteiger charge is -2.04. The van der Waals surface area contributed by atoms with Gasteiger partial charge in [0.15, 0.2) is 0 Å². The maximum atomic E-state index is 12.3. The normalized spacial score (nSPS) is 11.0. The minimum atomic E-state index is -0.234. The molecule has 0 aliphatic rings. The van der Waals surface area contributed by atoms with Crippen molar-refractivity contribution in [1.82, 2.24) is 9.97 Å². The number of amides is 2. The first-order valence-corrected chi connectivity index (χ1v) is 9.49. The first kappa shape index (κ1) is 19.1. The summed E-state index contributed by atoms with van der Waals surface area (Å²) < 4.78 is 0. The number of nitrogens with one attached hydrogen (secondary N) is 3. The molecule has 0 saturated heterocycles. The lowest BCUT2D eigenvalue weighted by atomic mass is 10.1. The predicted molar refractivity (Wildman–Crippen MR) is 120 cm³/mol. The minimum absolute atomic E-state index is 0.123. The molecule has 6 heteroatoms. The molecule has 3 aromatic carbocycles. The van der Waals surface area contributed by atoms with Crippen LogP contribution in [-0.2, 0) is 9.59 Å². The fourth-order valence-corrected chi connectivity index (χ4v) is 3.07. The molecular weight excluding hydrogens is 376 g/mol. The van der Waals surface area contributed by atoms with Gasteiger partial charge < -0.3 is 15.6 Å². The topological polar surface area (TPSA) is 86.9 Å². The van der Waals surface area contributed by atoms with E-state index >= 15 is 0 Å². The standard InChI is InChI=1S/C24H20N4O2/c1-16(29)25-19-12-9-17(10-13-19)11-14-23(30)26-20-6-4-5-18(15-20)24-27-21-7-2-3-8-22(21)28-24/h2-15H,1H3,(H,25,29)(H,26,30)(H,27,28)/b14-11+. The molecule has 0 fully saturated rings. The van der Waals surface area contributed by atoms with Crippen molar-refractivity contribution in [3.63, 3.8) is 0 Å². The van der Waals surface area contributed by atoms with Crippen LogP contribution in [0.25, 0.3) is 28.5 Å². The Bertz CT molecular complexity index is 1210. The van der Waals surface area contributed by atoms with E-state index in [4.69, 9.17) is 0 Å². The van der Waals surface area contributed by atoms with Crippen LogP contribution in [0.15, 0.2) is 78.9 Å². The van der Waals surface area contributed by atoms with Crippen LogP contribution >= 0.6 is 0 Å². The van der Waals surface area contributed by atoms with Gasteiger partial charge in [0, 0.05) is 29.9 Å². The number of fused-ring (bicyclic) bond motifs is 1. The Hall–Kier alpha value is -4.19. The molecule has 0 saturated carbocycles. The molecule has 2 amide bonds. The Balaban J connectivity index is 1.44. The Morgan fingerprint density at radius 2 is 1.70 bits per heavy atom. The number of aromatic nitrogens is 2. The monoisotopic (exact) mass is 396 g/mol. The number of para-hydroxylation sites is 2. The number of hydrogen-bond donors (Lipinski definition) is 3. The SMILES string of the molecule is CC(=O)Nc1ccc(/C=C/C(=O)Nc2cccc(-c3nc4ccccc4[nH]3)c2)cc1. The molecule has 0 aliphatic carbocycles. The number of carbonyl (C=O) groups is 2. The minimum Gasteiger partial charge on any atom is -0.338 e. The van der Waals surface area contributed by atoms with Crippen molar-refractivity contribution < 1.29 is 9.59 Å². The summed E-state index contributed by atoms with van der Waals surface area (Å²) in [5.41, 5.74) is 5.01. The van der Waals surface area contributed by atoms with Gasteiger partial charge in [0.2, 0.25) is 11.8 Å². The molecule has 0 bridgehead atoms. The molecule has 0 radical (unpaired) electrons. The first-order chi connectivity index (χ1) is 14.6. The smallest absolute Gasteiger partial charge is 0.248 e. The third kappa shape index (κ3) is 4.62. The van der Waals surface area contributed by atoms with Crippen LogP contribution in [0.4, 0.5) is 11.4 Å². The molecule has 0 aliphatic heterocycles. The van der Waals surface area contributed by atoms with Gasteiger partial charge in [0.05, 0.1) is 11.0 Å². The van der Waals surface area contributed by atoms with Gasteiger partial charge in [-0.25, -0.2) is 4.98 Å². The van der Waals surface area contributed by atoms with Crippen molar-refractivity contribution in [3.05, 3.63) is 84.4 Å². The average molecular weight is 396 g/mol. The summed E-state index contributed by atoms with van der Waals surface area (Å²) in [7, 11) is 0. The lowest BCUT2D eigenvalue weighted by molar-refractivity contribution is -0.114. The Morgan fingerprint density at radius 3 is 2.47 bits per heavy atom. The number of benzene rings is 3. The van der Waals surface area contributed by atoms with Crippen molar-refractivity contribution >= 4 is 40.3 Å². The van der Waals surface area contributed by atoms with Crippen LogP contribution in [0, 0.1) is 0 Å². The first-order valence-electron chi connectivity index (χ1n) is 9.49. The zero-order chi connectivity index (χ0) is 20.9. The number of H-pyrrole nitrogens is 1. The van der Waals surface area contributed by atoms with Crippen LogP contribution in [0.5, 0.6) is 0 Å². The quantitative estimate of drug-likeness (QED) is 0.422. The van der Waals surface area contributed by atoms with Gasteiger partial charge in [-0.15, -0.1) is 0 Å². The van der Waals surface area contributed by atoms with E-state index in [0.717, 1.165) is 28.0 Å². The van der Waals surface area contributed by atoms with Crippen LogP contribution in [0.3, 0.4) is 0 Å². The van der Waals surface area contributed by atoms with Gasteiger partial charge in [-0.2, -0.15) is 0 Å². The van der Waals surface area contributed by atoms with E-state index < -0.39 is 0 Å². The Labute approximate surface area is 173 Å². The third-order valence-corrected chi connectivity index (χ3v) is 4.45. The second-order valence-electron chi connectivity index (χ2n) is 6.81. The molecule has 0 spiro atoms. The number of anilines is 2. The number of rotatable bonds is 5. The van der Waals surface area contributed by atoms with Gasteiger partial charge in [-0.1, -0.05) is 36.4 Å². The molecule has 0 unspecified atom stereocenters. The largest absolute Gasteiger partial charge is 0.338 e. The van der Waals surface area contributed by atoms with Crippen LogP contribution < -0.4 is 10.6 Å². The Morgan fingerprint density at radius 1 is 0.900 bits per heavy atom. The second-order valence-corrected chi connectivity index (χ2v) is 6.81. The summed E-state index contributed by atoms with van der Waals surface area (Å²) in [6.45, 7) is 1.46. The highest BCUT2D eigenvalue weighted by atomic mass is 16.2. The Kier molecular flexibility index (Phi) is 5.39. The highest BCUT2D eigenvalue weighted by Gasteiger charge is 2.06. The number of aromatic amines is 1. The van der Waals surface area contributed by atoms with E-state index in [9.17, 15) is 9.59 Å². The van der Waals surface area contributed by atoms with Gasteiger partial charge in [-0.3, -0.25) is 9.59 Å². The highest BCUT2D eigenvalue weighted by molar-refractivity contribution is 6.02. The molecular formula is C24H20N4O2. The molecule has 3 N–H and O–H groups in total. The molecule has 1 heterocycles. The highest BCUT2D eigenvalue weighted by Crippen LogP contribution is 2.23. The fraction of sp³-hybridized carbons (Fsp3) is 0.0417. The third-order valence-electron chi connectivity index (χ3n) is 4.45. The van der Waals surface area contributed by atoms with Crippen LogP contribution in [-0.4, -0.2) is 21.8 Å². The van der Waals surface area contributed by atoms with Gasteiger partial charge in [0.25, 0.3) is 0 Å². The summed E-state index contributed by atoms with van der Waals surface area (Å²) in [6, 6.07) is 22.6. The maximum Gasteiger partial charge on any atom is 0.248 e. The maximum absolute atomic E-state index is 12.3. The van der Waals surface area contributed by atoms with Crippen molar-refractivity contribution in [1.29, 1.82) is 0 Å². The molecule has 4 aromatic rings. The molecule has 0 atom stereocenters. The van der Waals surface area contributed by atoms with Gasteiger partial charge >= 0.3 is 0 Å². The summed E-state index contributed by atoms with van der Waals surface area (Å²) in [6.07, 6.45) is 3.19. The number of imidazole rings is 1. The lowest BCUT2D eigenvalue weighted by Crippen LogP contribution is -2.07. The van der Waals surface area contributed by atoms with E-state index in [0.29, 0.717) is 11.4 Å². The van der Waals surface area contributed by atoms with Crippen LogP contribution in [0.1, 0.15) is 12.5 Å². The van der Waals surface area contributed by atoms with E-state index in [1.807, 2.05) is 60.7 Å². The van der Waals surface area contributed by atoms with Crippen molar-refractivity contribution in [2.45, 2.75) is 6.92 Å². The zero-order valence-electron chi connectivity index (χ0n) is 16.3. The van der Waals surface area contributed by atoms with Crippen molar-refractivity contribution in [2.24, 2.45) is 0 Å². The summed E-state index contributed by atoms with van der Waals surface area (Å²) in [5.74, 6) is 0.396. The van der Waals surface area contributed by atoms with Gasteiger partial charge in [0.1, 0.15) is 5.82 Å². The average Bonchev–Trinajstić information content (AvgIpc) is 3.17. The summed E-state index contributed by atoms with van der Waals surface area (Å²) in [4.78, 5) is 31.3. The summed E-state index contributed by atoms with van der Waals surface area (Å²) >= 11 is 0. The molecule has 6 nitrogen and oxygen atoms in total. The van der Waals surface area contributed by atoms with Crippen molar-refractivity contribution in [3.8, 4) is 11.4 Å². The second kappa shape index (κ2) is 8.45.